The number of hydrogen-bond acceptors (Lipinski definition) is 4. The summed E-state index contributed by atoms with van der Waals surface area (Å²) in [4.78, 5) is 2.35. The Bertz CT molecular complexity index is 290. The van der Waals surface area contributed by atoms with Gasteiger partial charge in [-0.2, -0.15) is 0 Å². The SMILES string of the molecule is CN1CC[C@H]2CC3(CC[C@@]2(CO)C1)OCCO3. The van der Waals surface area contributed by atoms with Gasteiger partial charge in [-0.25, -0.2) is 0 Å². The molecular formula is C13H23NO3. The third-order valence-corrected chi connectivity index (χ3v) is 5.00. The van der Waals surface area contributed by atoms with Crippen LogP contribution in [0.5, 0.6) is 0 Å². The average Bonchev–Trinajstić information content (AvgIpc) is 2.78. The second kappa shape index (κ2) is 4.19. The van der Waals surface area contributed by atoms with E-state index in [-0.39, 0.29) is 11.2 Å². The molecule has 0 unspecified atom stereocenters. The summed E-state index contributed by atoms with van der Waals surface area (Å²) in [5.74, 6) is 0.245. The number of rotatable bonds is 1. The van der Waals surface area contributed by atoms with E-state index < -0.39 is 0 Å². The van der Waals surface area contributed by atoms with E-state index in [2.05, 4.69) is 11.9 Å². The van der Waals surface area contributed by atoms with Crippen LogP contribution in [-0.2, 0) is 9.47 Å². The maximum Gasteiger partial charge on any atom is 0.168 e. The summed E-state index contributed by atoms with van der Waals surface area (Å²) in [6, 6.07) is 0. The first kappa shape index (κ1) is 11.9. The van der Waals surface area contributed by atoms with Crippen molar-refractivity contribution in [2.75, 3.05) is 40.0 Å². The second-order valence-electron chi connectivity index (χ2n) is 6.06. The van der Waals surface area contributed by atoms with Crippen molar-refractivity contribution in [3.8, 4) is 0 Å². The largest absolute Gasteiger partial charge is 0.396 e. The number of aliphatic hydroxyl groups is 1. The van der Waals surface area contributed by atoms with Crippen molar-refractivity contribution in [2.24, 2.45) is 11.3 Å². The number of piperidine rings is 1. The Labute approximate surface area is 103 Å². The van der Waals surface area contributed by atoms with Crippen LogP contribution in [0.15, 0.2) is 0 Å². The molecule has 2 atom stereocenters. The van der Waals surface area contributed by atoms with E-state index in [1.807, 2.05) is 0 Å². The lowest BCUT2D eigenvalue weighted by atomic mass is 9.62. The van der Waals surface area contributed by atoms with E-state index in [0.717, 1.165) is 52.0 Å². The molecule has 1 N–H and O–H groups in total. The van der Waals surface area contributed by atoms with Gasteiger partial charge in [0.1, 0.15) is 0 Å². The van der Waals surface area contributed by atoms with Crippen molar-refractivity contribution < 1.29 is 14.6 Å². The summed E-state index contributed by atoms with van der Waals surface area (Å²) in [7, 11) is 2.15. The zero-order chi connectivity index (χ0) is 11.9. The van der Waals surface area contributed by atoms with E-state index in [1.54, 1.807) is 0 Å². The van der Waals surface area contributed by atoms with Crippen LogP contribution in [0, 0.1) is 11.3 Å². The fraction of sp³-hybridized carbons (Fsp3) is 1.00. The van der Waals surface area contributed by atoms with Crippen LogP contribution in [-0.4, -0.2) is 55.8 Å². The molecule has 2 heterocycles. The van der Waals surface area contributed by atoms with Crippen molar-refractivity contribution in [3.05, 3.63) is 0 Å². The average molecular weight is 241 g/mol. The first-order chi connectivity index (χ1) is 8.18. The zero-order valence-electron chi connectivity index (χ0n) is 10.7. The number of ether oxygens (including phenoxy) is 2. The zero-order valence-corrected chi connectivity index (χ0v) is 10.7. The first-order valence-corrected chi connectivity index (χ1v) is 6.75. The predicted octanol–water partition coefficient (Wildman–Crippen LogP) is 0.844. The van der Waals surface area contributed by atoms with Crippen LogP contribution in [0.25, 0.3) is 0 Å². The number of hydrogen-bond donors (Lipinski definition) is 1. The van der Waals surface area contributed by atoms with Gasteiger partial charge in [-0.3, -0.25) is 0 Å². The van der Waals surface area contributed by atoms with Crippen molar-refractivity contribution in [1.82, 2.24) is 4.90 Å². The smallest absolute Gasteiger partial charge is 0.168 e. The monoisotopic (exact) mass is 241 g/mol. The summed E-state index contributed by atoms with van der Waals surface area (Å²) in [5.41, 5.74) is 0.0908. The van der Waals surface area contributed by atoms with Gasteiger partial charge in [-0.1, -0.05) is 0 Å². The molecule has 17 heavy (non-hydrogen) atoms. The minimum atomic E-state index is -0.306. The Morgan fingerprint density at radius 3 is 2.76 bits per heavy atom. The minimum absolute atomic E-state index is 0.0908. The van der Waals surface area contributed by atoms with Crippen LogP contribution in [0.3, 0.4) is 0 Å². The molecule has 3 rings (SSSR count). The summed E-state index contributed by atoms with van der Waals surface area (Å²) >= 11 is 0. The molecule has 3 aliphatic rings. The third kappa shape index (κ3) is 1.91. The van der Waals surface area contributed by atoms with Gasteiger partial charge in [-0.15, -0.1) is 0 Å². The Kier molecular flexibility index (Phi) is 2.94. The van der Waals surface area contributed by atoms with E-state index >= 15 is 0 Å². The molecule has 3 fully saturated rings. The van der Waals surface area contributed by atoms with E-state index in [0.29, 0.717) is 12.5 Å². The molecule has 98 valence electrons. The molecule has 0 aromatic rings. The molecule has 0 amide bonds. The van der Waals surface area contributed by atoms with Gasteiger partial charge in [0.2, 0.25) is 0 Å². The molecule has 0 bridgehead atoms. The Hall–Kier alpha value is -0.160. The van der Waals surface area contributed by atoms with Gasteiger partial charge in [0, 0.05) is 24.8 Å². The van der Waals surface area contributed by atoms with Gasteiger partial charge in [0.05, 0.1) is 19.8 Å². The Balaban J connectivity index is 1.78. The fourth-order valence-corrected chi connectivity index (χ4v) is 3.96. The van der Waals surface area contributed by atoms with Gasteiger partial charge in [0.25, 0.3) is 0 Å². The standard InChI is InChI=1S/C13H23NO3/c1-14-5-2-11-8-13(16-6-7-17-13)4-3-12(11,9-14)10-15/h11,15H,2-10H2,1H3/t11-,12-/m0/s1. The third-order valence-electron chi connectivity index (χ3n) is 5.00. The van der Waals surface area contributed by atoms with E-state index in [4.69, 9.17) is 9.47 Å². The molecule has 4 heteroatoms. The Morgan fingerprint density at radius 2 is 2.06 bits per heavy atom. The van der Waals surface area contributed by atoms with Crippen LogP contribution in [0.2, 0.25) is 0 Å². The van der Waals surface area contributed by atoms with Crippen molar-refractivity contribution >= 4 is 0 Å². The molecule has 2 saturated heterocycles. The molecule has 2 aliphatic heterocycles. The lowest BCUT2D eigenvalue weighted by Crippen LogP contribution is -2.56. The van der Waals surface area contributed by atoms with E-state index in [9.17, 15) is 5.11 Å². The summed E-state index contributed by atoms with van der Waals surface area (Å²) in [6.45, 7) is 3.92. The molecule has 1 spiro atoms. The normalized spacial score (nSPS) is 41.6. The minimum Gasteiger partial charge on any atom is -0.396 e. The Morgan fingerprint density at radius 1 is 1.29 bits per heavy atom. The quantitative estimate of drug-likeness (QED) is 0.739. The summed E-state index contributed by atoms with van der Waals surface area (Å²) < 4.78 is 11.7. The number of aliphatic hydroxyl groups excluding tert-OH is 1. The van der Waals surface area contributed by atoms with Crippen molar-refractivity contribution in [2.45, 2.75) is 31.5 Å². The predicted molar refractivity (Wildman–Crippen MR) is 63.6 cm³/mol. The van der Waals surface area contributed by atoms with Gasteiger partial charge >= 0.3 is 0 Å². The highest BCUT2D eigenvalue weighted by molar-refractivity contribution is 5.00. The van der Waals surface area contributed by atoms with Crippen LogP contribution in [0.4, 0.5) is 0 Å². The summed E-state index contributed by atoms with van der Waals surface area (Å²) in [5, 5.41) is 9.82. The molecule has 1 saturated carbocycles. The van der Waals surface area contributed by atoms with Crippen molar-refractivity contribution in [1.29, 1.82) is 0 Å². The highest BCUT2D eigenvalue weighted by Crippen LogP contribution is 2.51. The second-order valence-corrected chi connectivity index (χ2v) is 6.06. The lowest BCUT2D eigenvalue weighted by Gasteiger charge is -2.53. The van der Waals surface area contributed by atoms with Crippen LogP contribution >= 0.6 is 0 Å². The van der Waals surface area contributed by atoms with Gasteiger partial charge in [-0.05, 0) is 32.4 Å². The topological polar surface area (TPSA) is 41.9 Å². The number of nitrogens with zero attached hydrogens (tertiary/aromatic N) is 1. The van der Waals surface area contributed by atoms with Gasteiger partial charge in [0.15, 0.2) is 5.79 Å². The molecule has 0 aromatic carbocycles. The van der Waals surface area contributed by atoms with Gasteiger partial charge < -0.3 is 19.5 Å². The number of fused-ring (bicyclic) bond motifs is 1. The maximum atomic E-state index is 9.82. The van der Waals surface area contributed by atoms with Crippen molar-refractivity contribution in [3.63, 3.8) is 0 Å². The maximum absolute atomic E-state index is 9.82. The number of likely N-dealkylation sites (tertiary alicyclic amines) is 1. The van der Waals surface area contributed by atoms with E-state index in [1.165, 1.54) is 0 Å². The molecule has 4 nitrogen and oxygen atoms in total. The first-order valence-electron chi connectivity index (χ1n) is 6.75. The lowest BCUT2D eigenvalue weighted by molar-refractivity contribution is -0.220. The van der Waals surface area contributed by atoms with Crippen LogP contribution < -0.4 is 0 Å². The van der Waals surface area contributed by atoms with Crippen LogP contribution in [0.1, 0.15) is 25.7 Å². The molecule has 0 aromatic heterocycles. The highest BCUT2D eigenvalue weighted by atomic mass is 16.7. The molecular weight excluding hydrogens is 218 g/mol. The summed E-state index contributed by atoms with van der Waals surface area (Å²) in [6.07, 6.45) is 4.10. The fourth-order valence-electron chi connectivity index (χ4n) is 3.96. The highest BCUT2D eigenvalue weighted by Gasteiger charge is 2.53. The molecule has 1 aliphatic carbocycles. The molecule has 0 radical (unpaired) electrons.